The van der Waals surface area contributed by atoms with Gasteiger partial charge in [0.15, 0.2) is 0 Å². The van der Waals surface area contributed by atoms with Crippen molar-refractivity contribution in [3.63, 3.8) is 0 Å². The topological polar surface area (TPSA) is 67.6 Å². The van der Waals surface area contributed by atoms with Crippen LogP contribution in [0.4, 0.5) is 23.4 Å². The summed E-state index contributed by atoms with van der Waals surface area (Å²) in [5.74, 6) is -0.598. The zero-order valence-electron chi connectivity index (χ0n) is 13.5. The highest BCUT2D eigenvalue weighted by atomic mass is 19.4. The smallest absolute Gasteiger partial charge is 0.382 e. The lowest BCUT2D eigenvalue weighted by molar-refractivity contribution is -0.137. The summed E-state index contributed by atoms with van der Waals surface area (Å²) in [4.78, 5) is 0. The molecule has 3 rings (SSSR count). The van der Waals surface area contributed by atoms with Gasteiger partial charge in [0.1, 0.15) is 29.0 Å². The van der Waals surface area contributed by atoms with Crippen LogP contribution in [0.3, 0.4) is 0 Å². The molecule has 2 N–H and O–H groups in total. The fraction of sp³-hybridized carbons (Fsp3) is 0.111. The molecule has 0 saturated carbocycles. The van der Waals surface area contributed by atoms with Crippen LogP contribution in [0.5, 0.6) is 0 Å². The SMILES string of the molecule is Cc1cc(F)cc(-n2nc(-c3cccc(C(F)(F)F)c3)c(C#N)c2N)c1. The standard InChI is InChI=1S/C18H12F4N4/c1-10-5-13(19)8-14(6-10)26-17(24)15(9-23)16(25-26)11-3-2-4-12(7-11)18(20,21)22/h2-8H,24H2,1H3. The van der Waals surface area contributed by atoms with E-state index >= 15 is 0 Å². The van der Waals surface area contributed by atoms with E-state index in [4.69, 9.17) is 5.73 Å². The number of anilines is 1. The van der Waals surface area contributed by atoms with E-state index in [0.29, 0.717) is 5.56 Å². The third-order valence-electron chi connectivity index (χ3n) is 3.77. The number of aryl methyl sites for hydroxylation is 1. The molecule has 1 aromatic heterocycles. The molecule has 132 valence electrons. The molecule has 4 nitrogen and oxygen atoms in total. The van der Waals surface area contributed by atoms with E-state index < -0.39 is 17.6 Å². The maximum atomic E-state index is 13.7. The Bertz CT molecular complexity index is 1010. The Morgan fingerprint density at radius 2 is 1.88 bits per heavy atom. The molecule has 0 aliphatic rings. The summed E-state index contributed by atoms with van der Waals surface area (Å²) in [6, 6.07) is 10.4. The quantitative estimate of drug-likeness (QED) is 0.686. The highest BCUT2D eigenvalue weighted by Crippen LogP contribution is 2.34. The number of hydrogen-bond acceptors (Lipinski definition) is 3. The molecule has 1 heterocycles. The van der Waals surface area contributed by atoms with Gasteiger partial charge in [-0.25, -0.2) is 9.07 Å². The average molecular weight is 360 g/mol. The number of nitrogens with zero attached hydrogens (tertiary/aromatic N) is 3. The molecule has 3 aromatic rings. The number of halogens is 4. The largest absolute Gasteiger partial charge is 0.416 e. The minimum Gasteiger partial charge on any atom is -0.382 e. The molecule has 0 bridgehead atoms. The van der Waals surface area contributed by atoms with Crippen LogP contribution in [0.25, 0.3) is 16.9 Å². The lowest BCUT2D eigenvalue weighted by atomic mass is 10.0. The van der Waals surface area contributed by atoms with E-state index in [1.165, 1.54) is 24.3 Å². The van der Waals surface area contributed by atoms with Gasteiger partial charge in [-0.2, -0.15) is 23.5 Å². The highest BCUT2D eigenvalue weighted by Gasteiger charge is 2.31. The molecule has 0 radical (unpaired) electrons. The van der Waals surface area contributed by atoms with Crippen LogP contribution in [0.1, 0.15) is 16.7 Å². The Labute approximate surface area is 146 Å². The number of benzene rings is 2. The fourth-order valence-corrected chi connectivity index (χ4v) is 2.62. The number of nitriles is 1. The Morgan fingerprint density at radius 1 is 1.15 bits per heavy atom. The number of hydrogen-bond donors (Lipinski definition) is 1. The molecule has 26 heavy (non-hydrogen) atoms. The summed E-state index contributed by atoms with van der Waals surface area (Å²) in [6.45, 7) is 1.67. The van der Waals surface area contributed by atoms with E-state index in [2.05, 4.69) is 5.10 Å². The third kappa shape index (κ3) is 3.11. The molecule has 0 amide bonds. The molecule has 0 spiro atoms. The molecular weight excluding hydrogens is 348 g/mol. The van der Waals surface area contributed by atoms with Gasteiger partial charge in [-0.3, -0.25) is 0 Å². The van der Waals surface area contributed by atoms with Gasteiger partial charge >= 0.3 is 6.18 Å². The second kappa shape index (κ2) is 6.19. The maximum Gasteiger partial charge on any atom is 0.416 e. The molecule has 2 aromatic carbocycles. The van der Waals surface area contributed by atoms with Gasteiger partial charge in [0, 0.05) is 5.56 Å². The average Bonchev–Trinajstić information content (AvgIpc) is 2.90. The van der Waals surface area contributed by atoms with Crippen molar-refractivity contribution in [3.8, 4) is 23.0 Å². The van der Waals surface area contributed by atoms with Crippen LogP contribution >= 0.6 is 0 Å². The molecule has 0 unspecified atom stereocenters. The van der Waals surface area contributed by atoms with Crippen LogP contribution in [-0.4, -0.2) is 9.78 Å². The monoisotopic (exact) mass is 360 g/mol. The Kier molecular flexibility index (Phi) is 4.16. The summed E-state index contributed by atoms with van der Waals surface area (Å²) in [7, 11) is 0. The highest BCUT2D eigenvalue weighted by molar-refractivity contribution is 5.74. The van der Waals surface area contributed by atoms with Crippen molar-refractivity contribution in [2.45, 2.75) is 13.1 Å². The Balaban J connectivity index is 2.20. The first-order chi connectivity index (χ1) is 12.2. The number of aromatic nitrogens is 2. The fourth-order valence-electron chi connectivity index (χ4n) is 2.62. The number of nitrogens with two attached hydrogens (primary N) is 1. The molecule has 0 atom stereocenters. The Morgan fingerprint density at radius 3 is 2.50 bits per heavy atom. The van der Waals surface area contributed by atoms with Crippen LogP contribution in [0.15, 0.2) is 42.5 Å². The zero-order valence-corrected chi connectivity index (χ0v) is 13.5. The Hall–Kier alpha value is -3.34. The van der Waals surface area contributed by atoms with Gasteiger partial charge in [0.25, 0.3) is 0 Å². The van der Waals surface area contributed by atoms with Crippen LogP contribution in [0, 0.1) is 24.1 Å². The van der Waals surface area contributed by atoms with Crippen molar-refractivity contribution >= 4 is 5.82 Å². The zero-order chi connectivity index (χ0) is 19.1. The van der Waals surface area contributed by atoms with Gasteiger partial charge in [-0.1, -0.05) is 12.1 Å². The molecule has 0 aliphatic carbocycles. The van der Waals surface area contributed by atoms with E-state index in [0.717, 1.165) is 16.8 Å². The van der Waals surface area contributed by atoms with Crippen molar-refractivity contribution in [2.75, 3.05) is 5.73 Å². The molecule has 0 aliphatic heterocycles. The number of alkyl halides is 3. The van der Waals surface area contributed by atoms with Gasteiger partial charge in [0.2, 0.25) is 0 Å². The first-order valence-corrected chi connectivity index (χ1v) is 7.44. The van der Waals surface area contributed by atoms with Crippen molar-refractivity contribution in [3.05, 3.63) is 65.0 Å². The van der Waals surface area contributed by atoms with Crippen LogP contribution < -0.4 is 5.73 Å². The van der Waals surface area contributed by atoms with Crippen molar-refractivity contribution < 1.29 is 17.6 Å². The summed E-state index contributed by atoms with van der Waals surface area (Å²) in [5.41, 5.74) is 5.97. The van der Waals surface area contributed by atoms with Gasteiger partial charge in [0.05, 0.1) is 11.3 Å². The van der Waals surface area contributed by atoms with E-state index in [9.17, 15) is 22.8 Å². The maximum absolute atomic E-state index is 13.7. The van der Waals surface area contributed by atoms with Crippen LogP contribution in [-0.2, 0) is 6.18 Å². The summed E-state index contributed by atoms with van der Waals surface area (Å²) in [5, 5.41) is 13.5. The summed E-state index contributed by atoms with van der Waals surface area (Å²) < 4.78 is 53.7. The van der Waals surface area contributed by atoms with E-state index in [1.54, 1.807) is 13.0 Å². The summed E-state index contributed by atoms with van der Waals surface area (Å²) in [6.07, 6.45) is -4.53. The predicted octanol–water partition coefficient (Wildman–Crippen LogP) is 4.46. The summed E-state index contributed by atoms with van der Waals surface area (Å²) >= 11 is 0. The number of nitrogen functional groups attached to an aromatic ring is 1. The predicted molar refractivity (Wildman–Crippen MR) is 87.8 cm³/mol. The normalized spacial score (nSPS) is 11.4. The first kappa shape index (κ1) is 17.5. The molecule has 0 saturated heterocycles. The molecule has 0 fully saturated rings. The lowest BCUT2D eigenvalue weighted by Gasteiger charge is -2.07. The van der Waals surface area contributed by atoms with Crippen molar-refractivity contribution in [2.24, 2.45) is 0 Å². The lowest BCUT2D eigenvalue weighted by Crippen LogP contribution is -2.04. The number of rotatable bonds is 2. The van der Waals surface area contributed by atoms with Crippen molar-refractivity contribution in [1.82, 2.24) is 9.78 Å². The second-order valence-electron chi connectivity index (χ2n) is 5.70. The van der Waals surface area contributed by atoms with E-state index in [-0.39, 0.29) is 28.3 Å². The van der Waals surface area contributed by atoms with Gasteiger partial charge in [-0.15, -0.1) is 0 Å². The third-order valence-corrected chi connectivity index (χ3v) is 3.77. The minimum atomic E-state index is -4.53. The van der Waals surface area contributed by atoms with Gasteiger partial charge < -0.3 is 5.73 Å². The van der Waals surface area contributed by atoms with Crippen molar-refractivity contribution in [1.29, 1.82) is 5.26 Å². The first-order valence-electron chi connectivity index (χ1n) is 7.44. The second-order valence-corrected chi connectivity index (χ2v) is 5.70. The van der Waals surface area contributed by atoms with E-state index in [1.807, 2.05) is 6.07 Å². The molecular formula is C18H12F4N4. The van der Waals surface area contributed by atoms with Gasteiger partial charge in [-0.05, 0) is 42.8 Å². The minimum absolute atomic E-state index is 0.00184. The molecule has 8 heteroatoms. The van der Waals surface area contributed by atoms with Crippen LogP contribution in [0.2, 0.25) is 0 Å².